The van der Waals surface area contributed by atoms with Crippen LogP contribution in [0.15, 0.2) is 53.3 Å². The predicted molar refractivity (Wildman–Crippen MR) is 136 cm³/mol. The molecule has 7 nitrogen and oxygen atoms in total. The molecule has 2 aliphatic carbocycles. The fourth-order valence-electron chi connectivity index (χ4n) is 6.54. The number of nitrogens with zero attached hydrogens (tertiary/aromatic N) is 2. The molecule has 0 spiro atoms. The van der Waals surface area contributed by atoms with Gasteiger partial charge in [-0.15, -0.1) is 0 Å². The van der Waals surface area contributed by atoms with Crippen LogP contribution >= 0.6 is 0 Å². The molecule has 7 heteroatoms. The maximum absolute atomic E-state index is 13.8. The Labute approximate surface area is 210 Å². The van der Waals surface area contributed by atoms with Crippen molar-refractivity contribution in [3.8, 4) is 0 Å². The first-order valence-corrected chi connectivity index (χ1v) is 13.2. The zero-order chi connectivity index (χ0) is 25.0. The van der Waals surface area contributed by atoms with Crippen LogP contribution in [-0.4, -0.2) is 39.0 Å². The fourth-order valence-corrected chi connectivity index (χ4v) is 6.54. The Balaban J connectivity index is 1.40. The summed E-state index contributed by atoms with van der Waals surface area (Å²) < 4.78 is 1.77. The van der Waals surface area contributed by atoms with E-state index in [0.717, 1.165) is 48.8 Å². The number of carbonyl (C=O) groups excluding carboxylic acids is 2. The van der Waals surface area contributed by atoms with E-state index in [1.807, 2.05) is 54.3 Å². The van der Waals surface area contributed by atoms with Gasteiger partial charge in [0.2, 0.25) is 11.8 Å². The van der Waals surface area contributed by atoms with E-state index in [1.54, 1.807) is 4.57 Å². The smallest absolute Gasteiger partial charge is 0.258 e. The van der Waals surface area contributed by atoms with Crippen LogP contribution in [0, 0.1) is 17.8 Å². The standard InChI is InChI=1S/C29H33N3O4/c1-17(18-7-3-2-4-8-18)30-27(34)25-22(16-33)24-15-31-23(26(25)32(24)28(35)20-11-12-20)14-13-21(29(31)36)19-9-5-6-10-19/h2-4,7-9,13-14,17,20,22,24-26,33H,5-6,10-12,15-16H2,1H3,(H,30,34)/t17-,22+,24+,25-,26-/m0/s1. The molecule has 6 rings (SSSR count). The predicted octanol–water partition coefficient (Wildman–Crippen LogP) is 3.19. The molecule has 1 aromatic carbocycles. The number of nitrogens with one attached hydrogen (secondary N) is 1. The summed E-state index contributed by atoms with van der Waals surface area (Å²) in [5, 5.41) is 13.6. The first kappa shape index (κ1) is 23.2. The van der Waals surface area contributed by atoms with Gasteiger partial charge in [0, 0.05) is 36.2 Å². The summed E-state index contributed by atoms with van der Waals surface area (Å²) in [5.41, 5.74) is 3.45. The van der Waals surface area contributed by atoms with Gasteiger partial charge in [-0.1, -0.05) is 36.4 Å². The minimum atomic E-state index is -0.626. The number of benzene rings is 1. The van der Waals surface area contributed by atoms with Crippen molar-refractivity contribution in [1.82, 2.24) is 14.8 Å². The minimum Gasteiger partial charge on any atom is -0.396 e. The zero-order valence-electron chi connectivity index (χ0n) is 20.6. The lowest BCUT2D eigenvalue weighted by Gasteiger charge is -2.38. The monoisotopic (exact) mass is 487 g/mol. The van der Waals surface area contributed by atoms with Crippen molar-refractivity contribution in [3.63, 3.8) is 0 Å². The van der Waals surface area contributed by atoms with Gasteiger partial charge in [-0.2, -0.15) is 0 Å². The lowest BCUT2D eigenvalue weighted by molar-refractivity contribution is -0.138. The van der Waals surface area contributed by atoms with Crippen molar-refractivity contribution in [2.75, 3.05) is 6.61 Å². The molecule has 36 heavy (non-hydrogen) atoms. The maximum Gasteiger partial charge on any atom is 0.258 e. The lowest BCUT2D eigenvalue weighted by Crippen LogP contribution is -2.50. The topological polar surface area (TPSA) is 91.6 Å². The van der Waals surface area contributed by atoms with Crippen LogP contribution < -0.4 is 10.9 Å². The van der Waals surface area contributed by atoms with E-state index in [4.69, 9.17) is 0 Å². The average molecular weight is 488 g/mol. The molecular weight excluding hydrogens is 454 g/mol. The van der Waals surface area contributed by atoms with E-state index in [0.29, 0.717) is 12.2 Å². The molecule has 4 aliphatic rings. The second-order valence-electron chi connectivity index (χ2n) is 10.8. The van der Waals surface area contributed by atoms with Gasteiger partial charge < -0.3 is 19.9 Å². The molecule has 188 valence electrons. The maximum atomic E-state index is 13.8. The largest absolute Gasteiger partial charge is 0.396 e. The molecule has 2 fully saturated rings. The van der Waals surface area contributed by atoms with E-state index in [2.05, 4.69) is 11.4 Å². The van der Waals surface area contributed by atoms with Gasteiger partial charge in [-0.05, 0) is 62.3 Å². The number of aliphatic hydroxyl groups excluding tert-OH is 1. The fraction of sp³-hybridized carbons (Fsp3) is 0.483. The van der Waals surface area contributed by atoms with Gasteiger partial charge in [0.05, 0.1) is 24.0 Å². The molecule has 1 aromatic heterocycles. The summed E-state index contributed by atoms with van der Waals surface area (Å²) in [4.78, 5) is 42.8. The summed E-state index contributed by atoms with van der Waals surface area (Å²) in [7, 11) is 0. The highest BCUT2D eigenvalue weighted by molar-refractivity contribution is 5.86. The van der Waals surface area contributed by atoms with Crippen LogP contribution in [0.25, 0.3) is 5.57 Å². The SMILES string of the molecule is C[C@H](NC(=O)[C@H]1[C@H](CO)[C@H]2Cn3c(ccc(C4=CCCC4)c3=O)[C@@H]1N2C(=O)C1CC1)c1ccccc1. The van der Waals surface area contributed by atoms with Crippen LogP contribution in [0.1, 0.15) is 67.9 Å². The Morgan fingerprint density at radius 1 is 1.14 bits per heavy atom. The highest BCUT2D eigenvalue weighted by Crippen LogP contribution is 2.50. The molecule has 1 saturated carbocycles. The molecule has 2 N–H and O–H groups in total. The van der Waals surface area contributed by atoms with Gasteiger partial charge in [0.1, 0.15) is 0 Å². The van der Waals surface area contributed by atoms with Crippen LogP contribution in [0.5, 0.6) is 0 Å². The first-order valence-electron chi connectivity index (χ1n) is 13.2. The number of aromatic nitrogens is 1. The summed E-state index contributed by atoms with van der Waals surface area (Å²) in [6, 6.07) is 12.4. The molecule has 0 radical (unpaired) electrons. The number of carbonyl (C=O) groups is 2. The number of pyridine rings is 1. The van der Waals surface area contributed by atoms with Gasteiger partial charge in [-0.25, -0.2) is 0 Å². The van der Waals surface area contributed by atoms with Gasteiger partial charge in [-0.3, -0.25) is 14.4 Å². The molecule has 1 saturated heterocycles. The zero-order valence-corrected chi connectivity index (χ0v) is 20.6. The Hall–Kier alpha value is -3.19. The highest BCUT2D eigenvalue weighted by Gasteiger charge is 2.58. The Kier molecular flexibility index (Phi) is 5.83. The quantitative estimate of drug-likeness (QED) is 0.655. The Morgan fingerprint density at radius 2 is 1.92 bits per heavy atom. The van der Waals surface area contributed by atoms with Crippen molar-refractivity contribution >= 4 is 17.4 Å². The van der Waals surface area contributed by atoms with Crippen molar-refractivity contribution < 1.29 is 14.7 Å². The lowest BCUT2D eigenvalue weighted by atomic mass is 9.86. The van der Waals surface area contributed by atoms with E-state index < -0.39 is 17.9 Å². The van der Waals surface area contributed by atoms with Crippen LogP contribution in [0.2, 0.25) is 0 Å². The number of rotatable bonds is 6. The molecule has 2 aromatic rings. The van der Waals surface area contributed by atoms with Crippen molar-refractivity contribution in [3.05, 3.63) is 75.7 Å². The first-order chi connectivity index (χ1) is 17.5. The molecule has 2 aliphatic heterocycles. The van der Waals surface area contributed by atoms with E-state index in [-0.39, 0.29) is 42.0 Å². The summed E-state index contributed by atoms with van der Waals surface area (Å²) in [6.45, 7) is 2.04. The molecular formula is C29H33N3O4. The van der Waals surface area contributed by atoms with Crippen molar-refractivity contribution in [2.45, 2.75) is 63.7 Å². The van der Waals surface area contributed by atoms with E-state index >= 15 is 0 Å². The van der Waals surface area contributed by atoms with Gasteiger partial charge >= 0.3 is 0 Å². The van der Waals surface area contributed by atoms with Crippen molar-refractivity contribution in [2.24, 2.45) is 17.8 Å². The van der Waals surface area contributed by atoms with Gasteiger partial charge in [0.15, 0.2) is 0 Å². The normalized spacial score (nSPS) is 27.4. The molecule has 0 unspecified atom stereocenters. The Bertz CT molecular complexity index is 1280. The number of amides is 2. The number of hydrogen-bond acceptors (Lipinski definition) is 4. The van der Waals surface area contributed by atoms with E-state index in [1.165, 1.54) is 0 Å². The van der Waals surface area contributed by atoms with Crippen LogP contribution in [0.3, 0.4) is 0 Å². The molecule has 2 bridgehead atoms. The summed E-state index contributed by atoms with van der Waals surface area (Å²) >= 11 is 0. The number of allylic oxidation sites excluding steroid dienone is 2. The third-order valence-electron chi connectivity index (χ3n) is 8.57. The third kappa shape index (κ3) is 3.72. The Morgan fingerprint density at radius 3 is 2.58 bits per heavy atom. The second kappa shape index (κ2) is 9.04. The highest BCUT2D eigenvalue weighted by atomic mass is 16.3. The minimum absolute atomic E-state index is 0.0133. The summed E-state index contributed by atoms with van der Waals surface area (Å²) in [6.07, 6.45) is 6.80. The molecule has 3 heterocycles. The van der Waals surface area contributed by atoms with Crippen molar-refractivity contribution in [1.29, 1.82) is 0 Å². The summed E-state index contributed by atoms with van der Waals surface area (Å²) in [5.74, 6) is -1.21. The molecule has 5 atom stereocenters. The number of hydrogen-bond donors (Lipinski definition) is 2. The van der Waals surface area contributed by atoms with Crippen LogP contribution in [0.4, 0.5) is 0 Å². The number of fused-ring (bicyclic) bond motifs is 4. The third-order valence-corrected chi connectivity index (χ3v) is 8.57. The number of aliphatic hydroxyl groups is 1. The second-order valence-corrected chi connectivity index (χ2v) is 10.8. The van der Waals surface area contributed by atoms with Crippen LogP contribution in [-0.2, 0) is 16.1 Å². The van der Waals surface area contributed by atoms with Gasteiger partial charge in [0.25, 0.3) is 5.56 Å². The average Bonchev–Trinajstić information content (AvgIpc) is 3.54. The van der Waals surface area contributed by atoms with E-state index in [9.17, 15) is 19.5 Å². The molecule has 2 amide bonds.